The van der Waals surface area contributed by atoms with Crippen molar-refractivity contribution < 1.29 is 4.79 Å². The summed E-state index contributed by atoms with van der Waals surface area (Å²) in [6.45, 7) is 1.58. The van der Waals surface area contributed by atoms with Gasteiger partial charge in [0.1, 0.15) is 0 Å². The summed E-state index contributed by atoms with van der Waals surface area (Å²) < 4.78 is 0. The fourth-order valence-corrected chi connectivity index (χ4v) is 3.63. The molecule has 0 aromatic heterocycles. The number of hydrogen-bond acceptors (Lipinski definition) is 2. The smallest absolute Gasteiger partial charge is 0.254 e. The van der Waals surface area contributed by atoms with Crippen molar-refractivity contribution in [3.8, 4) is 0 Å². The number of nitrogens with one attached hydrogen (secondary N) is 1. The SMILES string of the molecule is O=C(c1cccc2ccccc12)N1CCC[C@H](Nc2ccccc2)C1. The number of benzene rings is 3. The van der Waals surface area contributed by atoms with Gasteiger partial charge in [0.05, 0.1) is 0 Å². The number of carbonyl (C=O) groups excluding carboxylic acids is 1. The molecule has 3 nitrogen and oxygen atoms in total. The summed E-state index contributed by atoms with van der Waals surface area (Å²) in [7, 11) is 0. The van der Waals surface area contributed by atoms with Crippen LogP contribution in [0.3, 0.4) is 0 Å². The first-order valence-electron chi connectivity index (χ1n) is 8.90. The van der Waals surface area contributed by atoms with E-state index in [4.69, 9.17) is 0 Å². The standard InChI is InChI=1S/C22H22N2O/c25-22(21-14-6-9-17-8-4-5-13-20(17)21)24-15-7-12-19(16-24)23-18-10-2-1-3-11-18/h1-6,8-11,13-14,19,23H,7,12,15-16H2/t19-/m0/s1. The highest BCUT2D eigenvalue weighted by Crippen LogP contribution is 2.23. The number of piperidine rings is 1. The average molecular weight is 330 g/mol. The van der Waals surface area contributed by atoms with E-state index < -0.39 is 0 Å². The van der Waals surface area contributed by atoms with Crippen LogP contribution in [-0.4, -0.2) is 29.9 Å². The minimum Gasteiger partial charge on any atom is -0.381 e. The van der Waals surface area contributed by atoms with Crippen molar-refractivity contribution in [3.63, 3.8) is 0 Å². The van der Waals surface area contributed by atoms with E-state index in [1.807, 2.05) is 53.4 Å². The molecule has 1 heterocycles. The second-order valence-corrected chi connectivity index (χ2v) is 6.63. The topological polar surface area (TPSA) is 32.3 Å². The van der Waals surface area contributed by atoms with Crippen LogP contribution in [-0.2, 0) is 0 Å². The van der Waals surface area contributed by atoms with Gasteiger partial charge in [-0.1, -0.05) is 54.6 Å². The zero-order valence-electron chi connectivity index (χ0n) is 14.2. The summed E-state index contributed by atoms with van der Waals surface area (Å²) in [6.07, 6.45) is 2.12. The Bertz CT molecular complexity index is 870. The Morgan fingerprint density at radius 2 is 1.68 bits per heavy atom. The number of amides is 1. The molecule has 0 bridgehead atoms. The summed E-state index contributed by atoms with van der Waals surface area (Å²) in [5.41, 5.74) is 1.92. The highest BCUT2D eigenvalue weighted by atomic mass is 16.2. The number of fused-ring (bicyclic) bond motifs is 1. The van der Waals surface area contributed by atoms with Crippen LogP contribution in [0.15, 0.2) is 72.8 Å². The number of para-hydroxylation sites is 1. The first-order chi connectivity index (χ1) is 12.3. The van der Waals surface area contributed by atoms with Gasteiger partial charge in [-0.2, -0.15) is 0 Å². The maximum absolute atomic E-state index is 13.1. The highest BCUT2D eigenvalue weighted by Gasteiger charge is 2.25. The lowest BCUT2D eigenvalue weighted by atomic mass is 10.0. The van der Waals surface area contributed by atoms with Crippen molar-refractivity contribution in [1.82, 2.24) is 4.90 Å². The van der Waals surface area contributed by atoms with E-state index in [0.717, 1.165) is 48.0 Å². The Labute approximate surface area is 148 Å². The van der Waals surface area contributed by atoms with Gasteiger partial charge in [-0.15, -0.1) is 0 Å². The van der Waals surface area contributed by atoms with E-state index in [1.54, 1.807) is 0 Å². The summed E-state index contributed by atoms with van der Waals surface area (Å²) in [5, 5.41) is 5.71. The first-order valence-corrected chi connectivity index (χ1v) is 8.90. The van der Waals surface area contributed by atoms with Crippen molar-refractivity contribution in [2.24, 2.45) is 0 Å². The van der Waals surface area contributed by atoms with Crippen LogP contribution in [0.25, 0.3) is 10.8 Å². The van der Waals surface area contributed by atoms with Gasteiger partial charge < -0.3 is 10.2 Å². The maximum atomic E-state index is 13.1. The van der Waals surface area contributed by atoms with Crippen LogP contribution in [0.4, 0.5) is 5.69 Å². The number of anilines is 1. The molecule has 3 aromatic rings. The fourth-order valence-electron chi connectivity index (χ4n) is 3.63. The molecular weight excluding hydrogens is 308 g/mol. The largest absolute Gasteiger partial charge is 0.381 e. The molecule has 1 atom stereocenters. The van der Waals surface area contributed by atoms with Gasteiger partial charge in [-0.25, -0.2) is 0 Å². The predicted molar refractivity (Wildman–Crippen MR) is 103 cm³/mol. The van der Waals surface area contributed by atoms with E-state index in [-0.39, 0.29) is 5.91 Å². The Kier molecular flexibility index (Phi) is 4.38. The number of likely N-dealkylation sites (tertiary alicyclic amines) is 1. The van der Waals surface area contributed by atoms with Crippen molar-refractivity contribution in [3.05, 3.63) is 78.4 Å². The first kappa shape index (κ1) is 15.7. The number of rotatable bonds is 3. The lowest BCUT2D eigenvalue weighted by molar-refractivity contribution is 0.0717. The van der Waals surface area contributed by atoms with Gasteiger partial charge >= 0.3 is 0 Å². The van der Waals surface area contributed by atoms with Gasteiger partial charge in [0.2, 0.25) is 0 Å². The van der Waals surface area contributed by atoms with E-state index in [9.17, 15) is 4.79 Å². The molecule has 1 aliphatic rings. The normalized spacial score (nSPS) is 17.4. The van der Waals surface area contributed by atoms with Crippen LogP contribution in [0.1, 0.15) is 23.2 Å². The molecule has 1 amide bonds. The van der Waals surface area contributed by atoms with Crippen LogP contribution < -0.4 is 5.32 Å². The molecule has 0 unspecified atom stereocenters. The number of nitrogens with zero attached hydrogens (tertiary/aromatic N) is 1. The highest BCUT2D eigenvalue weighted by molar-refractivity contribution is 6.07. The second-order valence-electron chi connectivity index (χ2n) is 6.63. The molecule has 0 saturated carbocycles. The van der Waals surface area contributed by atoms with Crippen molar-refractivity contribution in [1.29, 1.82) is 0 Å². The zero-order valence-corrected chi connectivity index (χ0v) is 14.2. The number of hydrogen-bond donors (Lipinski definition) is 1. The lowest BCUT2D eigenvalue weighted by Gasteiger charge is -2.34. The second kappa shape index (κ2) is 6.98. The van der Waals surface area contributed by atoms with E-state index in [1.165, 1.54) is 0 Å². The summed E-state index contributed by atoms with van der Waals surface area (Å²) in [4.78, 5) is 15.1. The van der Waals surface area contributed by atoms with Crippen LogP contribution in [0.5, 0.6) is 0 Å². The minimum atomic E-state index is 0.136. The van der Waals surface area contributed by atoms with Crippen molar-refractivity contribution >= 4 is 22.4 Å². The molecule has 25 heavy (non-hydrogen) atoms. The third-order valence-corrected chi connectivity index (χ3v) is 4.87. The maximum Gasteiger partial charge on any atom is 0.254 e. The van der Waals surface area contributed by atoms with Gasteiger partial charge in [-0.3, -0.25) is 4.79 Å². The van der Waals surface area contributed by atoms with Gasteiger partial charge in [-0.05, 0) is 41.8 Å². The molecule has 0 aliphatic carbocycles. The molecule has 1 fully saturated rings. The third kappa shape index (κ3) is 3.36. The predicted octanol–water partition coefficient (Wildman–Crippen LogP) is 4.56. The van der Waals surface area contributed by atoms with Crippen LogP contribution in [0, 0.1) is 0 Å². The average Bonchev–Trinajstić information content (AvgIpc) is 2.68. The van der Waals surface area contributed by atoms with Crippen molar-refractivity contribution in [2.75, 3.05) is 18.4 Å². The van der Waals surface area contributed by atoms with Gasteiger partial charge in [0.15, 0.2) is 0 Å². The zero-order chi connectivity index (χ0) is 17.1. The molecule has 126 valence electrons. The summed E-state index contributed by atoms with van der Waals surface area (Å²) in [6, 6.07) is 24.6. The molecule has 1 aliphatic heterocycles. The van der Waals surface area contributed by atoms with Gasteiger partial charge in [0.25, 0.3) is 5.91 Å². The van der Waals surface area contributed by atoms with E-state index in [0.29, 0.717) is 6.04 Å². The molecule has 1 saturated heterocycles. The quantitative estimate of drug-likeness (QED) is 0.764. The number of carbonyl (C=O) groups is 1. The van der Waals surface area contributed by atoms with E-state index >= 15 is 0 Å². The Morgan fingerprint density at radius 1 is 0.920 bits per heavy atom. The fraction of sp³-hybridized carbons (Fsp3) is 0.227. The molecule has 1 N–H and O–H groups in total. The van der Waals surface area contributed by atoms with Gasteiger partial charge in [0, 0.05) is 30.4 Å². The molecule has 0 radical (unpaired) electrons. The minimum absolute atomic E-state index is 0.136. The Hall–Kier alpha value is -2.81. The van der Waals surface area contributed by atoms with Crippen LogP contribution in [0.2, 0.25) is 0 Å². The Morgan fingerprint density at radius 3 is 2.56 bits per heavy atom. The lowest BCUT2D eigenvalue weighted by Crippen LogP contribution is -2.45. The summed E-state index contributed by atoms with van der Waals surface area (Å²) in [5.74, 6) is 0.136. The summed E-state index contributed by atoms with van der Waals surface area (Å²) >= 11 is 0. The monoisotopic (exact) mass is 330 g/mol. The molecule has 3 aromatic carbocycles. The van der Waals surface area contributed by atoms with Crippen molar-refractivity contribution in [2.45, 2.75) is 18.9 Å². The van der Waals surface area contributed by atoms with Crippen LogP contribution >= 0.6 is 0 Å². The van der Waals surface area contributed by atoms with E-state index in [2.05, 4.69) is 29.6 Å². The molecular formula is C22H22N2O. The molecule has 3 heteroatoms. The third-order valence-electron chi connectivity index (χ3n) is 4.87. The molecule has 4 rings (SSSR count). The molecule has 0 spiro atoms. The Balaban J connectivity index is 1.53.